The van der Waals surface area contributed by atoms with Gasteiger partial charge in [0.2, 0.25) is 0 Å². The fourth-order valence-corrected chi connectivity index (χ4v) is 1.34. The molecule has 0 aliphatic heterocycles. The highest BCUT2D eigenvalue weighted by molar-refractivity contribution is 5.69. The summed E-state index contributed by atoms with van der Waals surface area (Å²) in [5, 5.41) is 0. The summed E-state index contributed by atoms with van der Waals surface area (Å²) < 4.78 is 5.09. The van der Waals surface area contributed by atoms with E-state index in [1.807, 2.05) is 13.0 Å². The van der Waals surface area contributed by atoms with Gasteiger partial charge in [-0.05, 0) is 25.2 Å². The number of ether oxygens (including phenoxy) is 1. The molecule has 82 valence electrons. The normalized spacial score (nSPS) is 12.1. The summed E-state index contributed by atoms with van der Waals surface area (Å²) in [6.45, 7) is 8.41. The SMILES string of the molecule is C=CCC(CC)CCOC(=O)CCC. The second kappa shape index (κ2) is 8.79. The number of esters is 1. The zero-order valence-electron chi connectivity index (χ0n) is 9.42. The third-order valence-electron chi connectivity index (χ3n) is 2.32. The molecule has 0 aliphatic rings. The van der Waals surface area contributed by atoms with Gasteiger partial charge in [-0.2, -0.15) is 0 Å². The van der Waals surface area contributed by atoms with Crippen LogP contribution in [0.3, 0.4) is 0 Å². The second-order valence-electron chi connectivity index (χ2n) is 3.56. The largest absolute Gasteiger partial charge is 0.466 e. The molecule has 2 nitrogen and oxygen atoms in total. The van der Waals surface area contributed by atoms with E-state index < -0.39 is 0 Å². The number of allylic oxidation sites excluding steroid dienone is 1. The van der Waals surface area contributed by atoms with E-state index in [1.54, 1.807) is 0 Å². The molecule has 0 heterocycles. The fourth-order valence-electron chi connectivity index (χ4n) is 1.34. The molecule has 0 saturated carbocycles. The molecule has 0 spiro atoms. The minimum Gasteiger partial charge on any atom is -0.466 e. The van der Waals surface area contributed by atoms with Crippen LogP contribution in [0.1, 0.15) is 46.0 Å². The van der Waals surface area contributed by atoms with Crippen molar-refractivity contribution in [3.05, 3.63) is 12.7 Å². The Balaban J connectivity index is 3.49. The Morgan fingerprint density at radius 3 is 2.71 bits per heavy atom. The van der Waals surface area contributed by atoms with Crippen LogP contribution < -0.4 is 0 Å². The molecule has 2 heteroatoms. The first-order valence-corrected chi connectivity index (χ1v) is 5.51. The maximum absolute atomic E-state index is 11.0. The zero-order chi connectivity index (χ0) is 10.8. The summed E-state index contributed by atoms with van der Waals surface area (Å²) in [4.78, 5) is 11.0. The molecular formula is C12H22O2. The van der Waals surface area contributed by atoms with Crippen molar-refractivity contribution >= 4 is 5.97 Å². The topological polar surface area (TPSA) is 26.3 Å². The van der Waals surface area contributed by atoms with Gasteiger partial charge in [-0.15, -0.1) is 6.58 Å². The van der Waals surface area contributed by atoms with Crippen molar-refractivity contribution in [3.63, 3.8) is 0 Å². The molecule has 0 bridgehead atoms. The maximum atomic E-state index is 11.0. The van der Waals surface area contributed by atoms with Crippen LogP contribution in [0, 0.1) is 5.92 Å². The van der Waals surface area contributed by atoms with Crippen LogP contribution >= 0.6 is 0 Å². The maximum Gasteiger partial charge on any atom is 0.305 e. The lowest BCUT2D eigenvalue weighted by Gasteiger charge is -2.12. The Bertz CT molecular complexity index is 164. The van der Waals surface area contributed by atoms with E-state index in [-0.39, 0.29) is 5.97 Å². The van der Waals surface area contributed by atoms with E-state index in [2.05, 4.69) is 13.5 Å². The lowest BCUT2D eigenvalue weighted by Crippen LogP contribution is -2.09. The summed E-state index contributed by atoms with van der Waals surface area (Å²) in [6, 6.07) is 0. The van der Waals surface area contributed by atoms with E-state index >= 15 is 0 Å². The molecule has 0 aromatic rings. The zero-order valence-corrected chi connectivity index (χ0v) is 9.42. The van der Waals surface area contributed by atoms with Crippen molar-refractivity contribution in [1.82, 2.24) is 0 Å². The van der Waals surface area contributed by atoms with Crippen molar-refractivity contribution in [1.29, 1.82) is 0 Å². The number of carbonyl (C=O) groups is 1. The van der Waals surface area contributed by atoms with Gasteiger partial charge in [0.15, 0.2) is 0 Å². The first-order valence-electron chi connectivity index (χ1n) is 5.51. The molecule has 0 rings (SSSR count). The van der Waals surface area contributed by atoms with Gasteiger partial charge in [-0.3, -0.25) is 4.79 Å². The molecular weight excluding hydrogens is 176 g/mol. The Kier molecular flexibility index (Phi) is 8.30. The van der Waals surface area contributed by atoms with Crippen molar-refractivity contribution in [2.75, 3.05) is 6.61 Å². The summed E-state index contributed by atoms with van der Waals surface area (Å²) in [5.41, 5.74) is 0. The molecule has 0 aliphatic carbocycles. The molecule has 0 radical (unpaired) electrons. The van der Waals surface area contributed by atoms with Crippen LogP contribution in [0.2, 0.25) is 0 Å². The van der Waals surface area contributed by atoms with Gasteiger partial charge in [0.05, 0.1) is 6.61 Å². The van der Waals surface area contributed by atoms with Crippen LogP contribution in [0.4, 0.5) is 0 Å². The minimum absolute atomic E-state index is 0.0686. The van der Waals surface area contributed by atoms with E-state index in [9.17, 15) is 4.79 Å². The number of hydrogen-bond donors (Lipinski definition) is 0. The molecule has 0 N–H and O–H groups in total. The quantitative estimate of drug-likeness (QED) is 0.442. The molecule has 0 saturated heterocycles. The van der Waals surface area contributed by atoms with Crippen molar-refractivity contribution in [2.45, 2.75) is 46.0 Å². The van der Waals surface area contributed by atoms with Crippen LogP contribution in [-0.4, -0.2) is 12.6 Å². The second-order valence-corrected chi connectivity index (χ2v) is 3.56. The average molecular weight is 198 g/mol. The van der Waals surface area contributed by atoms with Crippen LogP contribution in [-0.2, 0) is 9.53 Å². The van der Waals surface area contributed by atoms with Crippen molar-refractivity contribution < 1.29 is 9.53 Å². The van der Waals surface area contributed by atoms with E-state index in [0.29, 0.717) is 18.9 Å². The van der Waals surface area contributed by atoms with Gasteiger partial charge < -0.3 is 4.74 Å². The van der Waals surface area contributed by atoms with Crippen LogP contribution in [0.25, 0.3) is 0 Å². The predicted octanol–water partition coefficient (Wildman–Crippen LogP) is 3.32. The fraction of sp³-hybridized carbons (Fsp3) is 0.750. The molecule has 14 heavy (non-hydrogen) atoms. The van der Waals surface area contributed by atoms with Crippen molar-refractivity contribution in [3.8, 4) is 0 Å². The van der Waals surface area contributed by atoms with E-state index in [0.717, 1.165) is 25.7 Å². The van der Waals surface area contributed by atoms with Gasteiger partial charge in [0.1, 0.15) is 0 Å². The predicted molar refractivity (Wildman–Crippen MR) is 59.1 cm³/mol. The van der Waals surface area contributed by atoms with E-state index in [1.165, 1.54) is 0 Å². The summed E-state index contributed by atoms with van der Waals surface area (Å²) in [7, 11) is 0. The van der Waals surface area contributed by atoms with Crippen molar-refractivity contribution in [2.24, 2.45) is 5.92 Å². The van der Waals surface area contributed by atoms with Gasteiger partial charge in [0.25, 0.3) is 0 Å². The third-order valence-corrected chi connectivity index (χ3v) is 2.32. The number of hydrogen-bond acceptors (Lipinski definition) is 2. The molecule has 1 unspecified atom stereocenters. The standard InChI is InChI=1S/C12H22O2/c1-4-7-11(6-3)9-10-14-12(13)8-5-2/h4,11H,1,5-10H2,2-3H3. The minimum atomic E-state index is -0.0686. The third kappa shape index (κ3) is 6.70. The highest BCUT2D eigenvalue weighted by Gasteiger charge is 2.06. The number of rotatable bonds is 8. The number of carbonyl (C=O) groups excluding carboxylic acids is 1. The smallest absolute Gasteiger partial charge is 0.305 e. The Morgan fingerprint density at radius 1 is 1.50 bits per heavy atom. The summed E-state index contributed by atoms with van der Waals surface area (Å²) in [6.07, 6.45) is 6.43. The first-order chi connectivity index (χ1) is 6.74. The van der Waals surface area contributed by atoms with Gasteiger partial charge in [-0.1, -0.05) is 26.3 Å². The summed E-state index contributed by atoms with van der Waals surface area (Å²) in [5.74, 6) is 0.544. The monoisotopic (exact) mass is 198 g/mol. The molecule has 0 fully saturated rings. The highest BCUT2D eigenvalue weighted by Crippen LogP contribution is 2.13. The lowest BCUT2D eigenvalue weighted by atomic mass is 9.99. The van der Waals surface area contributed by atoms with Gasteiger partial charge >= 0.3 is 5.97 Å². The Labute approximate surface area is 87.3 Å². The Morgan fingerprint density at radius 2 is 2.21 bits per heavy atom. The molecule has 0 aromatic carbocycles. The lowest BCUT2D eigenvalue weighted by molar-refractivity contribution is -0.144. The molecule has 0 aromatic heterocycles. The summed E-state index contributed by atoms with van der Waals surface area (Å²) >= 11 is 0. The van der Waals surface area contributed by atoms with Crippen LogP contribution in [0.15, 0.2) is 12.7 Å². The first kappa shape index (κ1) is 13.2. The van der Waals surface area contributed by atoms with Crippen LogP contribution in [0.5, 0.6) is 0 Å². The highest BCUT2D eigenvalue weighted by atomic mass is 16.5. The molecule has 1 atom stereocenters. The van der Waals surface area contributed by atoms with Gasteiger partial charge in [-0.25, -0.2) is 0 Å². The van der Waals surface area contributed by atoms with Gasteiger partial charge in [0, 0.05) is 6.42 Å². The average Bonchev–Trinajstić information content (AvgIpc) is 2.17. The van der Waals surface area contributed by atoms with E-state index in [4.69, 9.17) is 4.74 Å². The molecule has 0 amide bonds. The Hall–Kier alpha value is -0.790.